The lowest BCUT2D eigenvalue weighted by molar-refractivity contribution is 0.167. The minimum Gasteiger partial charge on any atom is -0.281 e. The molecule has 0 amide bonds. The molecule has 1 aliphatic carbocycles. The highest BCUT2D eigenvalue weighted by Gasteiger charge is 2.28. The fourth-order valence-corrected chi connectivity index (χ4v) is 3.70. The fraction of sp³-hybridized carbons (Fsp3) is 0.364. The molecule has 0 N–H and O–H groups in total. The van der Waals surface area contributed by atoms with Gasteiger partial charge in [0.1, 0.15) is 0 Å². The first-order chi connectivity index (χ1) is 11.4. The van der Waals surface area contributed by atoms with E-state index in [0.717, 1.165) is 13.1 Å². The first-order valence-corrected chi connectivity index (χ1v) is 8.65. The molecule has 0 aliphatic heterocycles. The summed E-state index contributed by atoms with van der Waals surface area (Å²) in [6, 6.07) is 21.6. The van der Waals surface area contributed by atoms with Gasteiger partial charge >= 0.3 is 0 Å². The van der Waals surface area contributed by atoms with E-state index in [1.807, 2.05) is 0 Å². The van der Waals surface area contributed by atoms with Crippen LogP contribution in [-0.4, -0.2) is 10.9 Å². The van der Waals surface area contributed by atoms with Gasteiger partial charge in [0.2, 0.25) is 0 Å². The number of rotatable bonds is 6. The molecule has 0 bridgehead atoms. The van der Waals surface area contributed by atoms with E-state index in [0.29, 0.717) is 5.92 Å². The molecule has 118 valence electrons. The van der Waals surface area contributed by atoms with Crippen molar-refractivity contribution in [1.82, 2.24) is 4.90 Å². The quantitative estimate of drug-likeness (QED) is 0.687. The number of hydrogen-bond donors (Lipinski definition) is 0. The molecular formula is C22H25N. The van der Waals surface area contributed by atoms with E-state index in [9.17, 15) is 0 Å². The van der Waals surface area contributed by atoms with Crippen LogP contribution in [0.1, 0.15) is 36.8 Å². The van der Waals surface area contributed by atoms with Gasteiger partial charge in [0.05, 0.1) is 6.04 Å². The summed E-state index contributed by atoms with van der Waals surface area (Å²) in [5.74, 6) is 3.76. The second-order valence-corrected chi connectivity index (χ2v) is 6.53. The zero-order chi connectivity index (χ0) is 15.9. The van der Waals surface area contributed by atoms with E-state index in [1.54, 1.807) is 0 Å². The molecule has 1 fully saturated rings. The molecular weight excluding hydrogens is 278 g/mol. The maximum absolute atomic E-state index is 5.97. The zero-order valence-electron chi connectivity index (χ0n) is 13.7. The standard InChI is InChI=1S/C22H25N/c1-2-22(21-15-9-10-16-21)23(17-19-11-5-3-6-12-19)18-20-13-7-4-8-14-20/h1,3-8,11-14,21-22H,9-10,15-18H2/t22-/m1/s1. The summed E-state index contributed by atoms with van der Waals surface area (Å²) in [5.41, 5.74) is 2.67. The topological polar surface area (TPSA) is 3.24 Å². The molecule has 0 spiro atoms. The molecule has 1 nitrogen and oxygen atoms in total. The fourth-order valence-electron chi connectivity index (χ4n) is 3.70. The van der Waals surface area contributed by atoms with Gasteiger partial charge in [-0.15, -0.1) is 6.42 Å². The van der Waals surface area contributed by atoms with Crippen molar-refractivity contribution in [3.8, 4) is 12.3 Å². The highest BCUT2D eigenvalue weighted by molar-refractivity contribution is 5.19. The van der Waals surface area contributed by atoms with E-state index >= 15 is 0 Å². The van der Waals surface area contributed by atoms with Gasteiger partial charge in [0, 0.05) is 13.1 Å². The summed E-state index contributed by atoms with van der Waals surface area (Å²) in [4.78, 5) is 2.49. The molecule has 23 heavy (non-hydrogen) atoms. The van der Waals surface area contributed by atoms with Crippen molar-refractivity contribution >= 4 is 0 Å². The lowest BCUT2D eigenvalue weighted by Gasteiger charge is -2.32. The molecule has 1 aliphatic rings. The summed E-state index contributed by atoms with van der Waals surface area (Å²) in [5, 5.41) is 0. The van der Waals surface area contributed by atoms with E-state index in [1.165, 1.54) is 36.8 Å². The Morgan fingerprint density at radius 2 is 1.35 bits per heavy atom. The third-order valence-corrected chi connectivity index (χ3v) is 4.87. The Labute approximate surface area is 140 Å². The van der Waals surface area contributed by atoms with Crippen LogP contribution >= 0.6 is 0 Å². The second kappa shape index (κ2) is 7.99. The molecule has 0 unspecified atom stereocenters. The molecule has 0 heterocycles. The molecule has 1 atom stereocenters. The van der Waals surface area contributed by atoms with Crippen molar-refractivity contribution < 1.29 is 0 Å². The summed E-state index contributed by atoms with van der Waals surface area (Å²) in [7, 11) is 0. The monoisotopic (exact) mass is 303 g/mol. The number of nitrogens with zero attached hydrogens (tertiary/aromatic N) is 1. The van der Waals surface area contributed by atoms with Crippen molar-refractivity contribution in [2.75, 3.05) is 0 Å². The van der Waals surface area contributed by atoms with Crippen molar-refractivity contribution in [3.05, 3.63) is 71.8 Å². The minimum absolute atomic E-state index is 0.234. The Morgan fingerprint density at radius 3 is 1.78 bits per heavy atom. The summed E-state index contributed by atoms with van der Waals surface area (Å²) in [6.45, 7) is 1.84. The summed E-state index contributed by atoms with van der Waals surface area (Å²) < 4.78 is 0. The largest absolute Gasteiger partial charge is 0.281 e. The third kappa shape index (κ3) is 4.24. The van der Waals surface area contributed by atoms with Crippen LogP contribution in [0.15, 0.2) is 60.7 Å². The van der Waals surface area contributed by atoms with Gasteiger partial charge in [-0.25, -0.2) is 0 Å². The Bertz CT molecular complexity index is 579. The SMILES string of the molecule is C#C[C@H](C1CCCC1)N(Cc1ccccc1)Cc1ccccc1. The smallest absolute Gasteiger partial charge is 0.0746 e. The first-order valence-electron chi connectivity index (χ1n) is 8.65. The average Bonchev–Trinajstić information content (AvgIpc) is 3.12. The van der Waals surface area contributed by atoms with Crippen LogP contribution in [-0.2, 0) is 13.1 Å². The first kappa shape index (κ1) is 15.8. The van der Waals surface area contributed by atoms with Crippen molar-refractivity contribution in [1.29, 1.82) is 0 Å². The summed E-state index contributed by atoms with van der Waals surface area (Å²) in [6.07, 6.45) is 11.2. The summed E-state index contributed by atoms with van der Waals surface area (Å²) >= 11 is 0. The van der Waals surface area contributed by atoms with Gasteiger partial charge in [-0.2, -0.15) is 0 Å². The molecule has 0 aromatic heterocycles. The zero-order valence-corrected chi connectivity index (χ0v) is 13.7. The van der Waals surface area contributed by atoms with Crippen LogP contribution in [0.2, 0.25) is 0 Å². The van der Waals surface area contributed by atoms with Gasteiger partial charge in [-0.3, -0.25) is 4.90 Å². The van der Waals surface area contributed by atoms with Gasteiger partial charge in [-0.1, -0.05) is 79.4 Å². The third-order valence-electron chi connectivity index (χ3n) is 4.87. The van der Waals surface area contributed by atoms with Crippen molar-refractivity contribution in [2.45, 2.75) is 44.8 Å². The molecule has 2 aromatic carbocycles. The van der Waals surface area contributed by atoms with Crippen LogP contribution < -0.4 is 0 Å². The van der Waals surface area contributed by atoms with Gasteiger partial charge < -0.3 is 0 Å². The molecule has 1 saturated carbocycles. The number of hydrogen-bond acceptors (Lipinski definition) is 1. The Balaban J connectivity index is 1.81. The van der Waals surface area contributed by atoms with Crippen LogP contribution in [0.25, 0.3) is 0 Å². The van der Waals surface area contributed by atoms with E-state index in [2.05, 4.69) is 71.5 Å². The molecule has 3 rings (SSSR count). The average molecular weight is 303 g/mol. The maximum atomic E-state index is 5.97. The molecule has 2 aromatic rings. The van der Waals surface area contributed by atoms with Crippen molar-refractivity contribution in [2.24, 2.45) is 5.92 Å². The van der Waals surface area contributed by atoms with Crippen LogP contribution in [0.4, 0.5) is 0 Å². The Morgan fingerprint density at radius 1 is 0.870 bits per heavy atom. The highest BCUT2D eigenvalue weighted by Crippen LogP contribution is 2.31. The van der Waals surface area contributed by atoms with E-state index < -0.39 is 0 Å². The van der Waals surface area contributed by atoms with Gasteiger partial charge in [-0.05, 0) is 29.9 Å². The van der Waals surface area contributed by atoms with Gasteiger partial charge in [0.15, 0.2) is 0 Å². The normalized spacial score (nSPS) is 16.3. The maximum Gasteiger partial charge on any atom is 0.0746 e. The molecule has 1 heteroatoms. The predicted molar refractivity (Wildman–Crippen MR) is 96.7 cm³/mol. The second-order valence-electron chi connectivity index (χ2n) is 6.53. The molecule has 0 saturated heterocycles. The lowest BCUT2D eigenvalue weighted by Crippen LogP contribution is -2.38. The number of benzene rings is 2. The van der Waals surface area contributed by atoms with Crippen LogP contribution in [0.3, 0.4) is 0 Å². The predicted octanol–water partition coefficient (Wildman–Crippen LogP) is 4.88. The van der Waals surface area contributed by atoms with Gasteiger partial charge in [0.25, 0.3) is 0 Å². The van der Waals surface area contributed by atoms with Crippen LogP contribution in [0, 0.1) is 18.3 Å². The van der Waals surface area contributed by atoms with Crippen molar-refractivity contribution in [3.63, 3.8) is 0 Å². The number of terminal acetylenes is 1. The Kier molecular flexibility index (Phi) is 5.51. The van der Waals surface area contributed by atoms with E-state index in [-0.39, 0.29) is 6.04 Å². The lowest BCUT2D eigenvalue weighted by atomic mass is 9.96. The molecule has 0 radical (unpaired) electrons. The Hall–Kier alpha value is -2.04. The highest BCUT2D eigenvalue weighted by atomic mass is 15.2. The minimum atomic E-state index is 0.234. The van der Waals surface area contributed by atoms with Crippen LogP contribution in [0.5, 0.6) is 0 Å². The van der Waals surface area contributed by atoms with E-state index in [4.69, 9.17) is 6.42 Å².